The van der Waals surface area contributed by atoms with Gasteiger partial charge in [-0.25, -0.2) is 0 Å². The maximum Gasteiger partial charge on any atom is 0.241 e. The van der Waals surface area contributed by atoms with E-state index < -0.39 is 6.04 Å². The van der Waals surface area contributed by atoms with Gasteiger partial charge in [-0.3, -0.25) is 9.78 Å². The Labute approximate surface area is 93.5 Å². The lowest BCUT2D eigenvalue weighted by atomic mass is 10.1. The first-order chi connectivity index (χ1) is 7.68. The van der Waals surface area contributed by atoms with Crippen molar-refractivity contribution in [1.82, 2.24) is 4.98 Å². The quantitative estimate of drug-likeness (QED) is 0.798. The summed E-state index contributed by atoms with van der Waals surface area (Å²) in [6.07, 6.45) is 3.45. The second kappa shape index (κ2) is 4.28. The van der Waals surface area contributed by atoms with Crippen LogP contribution in [0.2, 0.25) is 0 Å². The molecular formula is C12H13N3O. The van der Waals surface area contributed by atoms with Gasteiger partial charge in [0.25, 0.3) is 0 Å². The Morgan fingerprint density at radius 2 is 2.25 bits per heavy atom. The number of carbonyl (C=O) groups is 1. The van der Waals surface area contributed by atoms with Crippen LogP contribution in [-0.2, 0) is 4.79 Å². The van der Waals surface area contributed by atoms with Crippen LogP contribution in [0.5, 0.6) is 0 Å². The topological polar surface area (TPSA) is 68.0 Å². The van der Waals surface area contributed by atoms with Gasteiger partial charge in [0.05, 0.1) is 11.7 Å². The Kier molecular flexibility index (Phi) is 2.83. The van der Waals surface area contributed by atoms with Crippen molar-refractivity contribution < 1.29 is 4.79 Å². The van der Waals surface area contributed by atoms with Crippen LogP contribution in [0.1, 0.15) is 6.92 Å². The van der Waals surface area contributed by atoms with Gasteiger partial charge in [-0.2, -0.15) is 0 Å². The minimum Gasteiger partial charge on any atom is -0.324 e. The van der Waals surface area contributed by atoms with Crippen molar-refractivity contribution in [1.29, 1.82) is 0 Å². The van der Waals surface area contributed by atoms with E-state index in [-0.39, 0.29) is 5.91 Å². The Bertz CT molecular complexity index is 517. The van der Waals surface area contributed by atoms with Crippen molar-refractivity contribution in [2.24, 2.45) is 5.73 Å². The molecule has 0 unspecified atom stereocenters. The first-order valence-corrected chi connectivity index (χ1v) is 5.07. The summed E-state index contributed by atoms with van der Waals surface area (Å²) in [7, 11) is 0. The van der Waals surface area contributed by atoms with Crippen molar-refractivity contribution in [2.45, 2.75) is 13.0 Å². The lowest BCUT2D eigenvalue weighted by Crippen LogP contribution is -2.32. The molecule has 1 aromatic carbocycles. The fraction of sp³-hybridized carbons (Fsp3) is 0.167. The summed E-state index contributed by atoms with van der Waals surface area (Å²) >= 11 is 0. The first kappa shape index (κ1) is 10.6. The van der Waals surface area contributed by atoms with Crippen LogP contribution >= 0.6 is 0 Å². The van der Waals surface area contributed by atoms with Gasteiger partial charge < -0.3 is 11.1 Å². The highest BCUT2D eigenvalue weighted by atomic mass is 16.2. The van der Waals surface area contributed by atoms with Crippen LogP contribution < -0.4 is 11.1 Å². The highest BCUT2D eigenvalue weighted by molar-refractivity contribution is 6.03. The fourth-order valence-corrected chi connectivity index (χ4v) is 1.47. The number of nitrogens with zero attached hydrogens (tertiary/aromatic N) is 1. The zero-order valence-electron chi connectivity index (χ0n) is 8.97. The highest BCUT2D eigenvalue weighted by Gasteiger charge is 2.09. The number of nitrogens with one attached hydrogen (secondary N) is 1. The van der Waals surface area contributed by atoms with Gasteiger partial charge >= 0.3 is 0 Å². The van der Waals surface area contributed by atoms with E-state index in [0.29, 0.717) is 0 Å². The smallest absolute Gasteiger partial charge is 0.241 e. The number of benzene rings is 1. The number of hydrogen-bond acceptors (Lipinski definition) is 3. The van der Waals surface area contributed by atoms with Gasteiger partial charge in [-0.1, -0.05) is 12.1 Å². The lowest BCUT2D eigenvalue weighted by molar-refractivity contribution is -0.117. The van der Waals surface area contributed by atoms with E-state index in [2.05, 4.69) is 10.3 Å². The van der Waals surface area contributed by atoms with Crippen LogP contribution in [0.25, 0.3) is 10.8 Å². The van der Waals surface area contributed by atoms with E-state index in [1.807, 2.05) is 24.3 Å². The third kappa shape index (κ3) is 2.01. The minimum absolute atomic E-state index is 0.198. The summed E-state index contributed by atoms with van der Waals surface area (Å²) in [5, 5.41) is 4.74. The number of fused-ring (bicyclic) bond motifs is 1. The van der Waals surface area contributed by atoms with Crippen molar-refractivity contribution >= 4 is 22.4 Å². The van der Waals surface area contributed by atoms with Gasteiger partial charge in [0.1, 0.15) is 0 Å². The molecule has 4 heteroatoms. The average Bonchev–Trinajstić information content (AvgIpc) is 2.29. The van der Waals surface area contributed by atoms with E-state index in [1.165, 1.54) is 0 Å². The van der Waals surface area contributed by atoms with E-state index in [0.717, 1.165) is 16.5 Å². The number of amides is 1. The molecule has 1 aromatic heterocycles. The molecule has 16 heavy (non-hydrogen) atoms. The largest absolute Gasteiger partial charge is 0.324 e. The predicted molar refractivity (Wildman–Crippen MR) is 64.0 cm³/mol. The molecule has 0 aliphatic carbocycles. The molecule has 1 atom stereocenters. The zero-order chi connectivity index (χ0) is 11.5. The summed E-state index contributed by atoms with van der Waals surface area (Å²) < 4.78 is 0. The number of nitrogens with two attached hydrogens (primary N) is 1. The molecular weight excluding hydrogens is 202 g/mol. The highest BCUT2D eigenvalue weighted by Crippen LogP contribution is 2.21. The SMILES string of the molecule is C[C@@H](N)C(=O)Nc1cccc2ccncc12. The maximum atomic E-state index is 11.5. The number of aromatic nitrogens is 1. The summed E-state index contributed by atoms with van der Waals surface area (Å²) in [4.78, 5) is 15.5. The predicted octanol–water partition coefficient (Wildman–Crippen LogP) is 1.52. The van der Waals surface area contributed by atoms with E-state index in [9.17, 15) is 4.79 Å². The standard InChI is InChI=1S/C12H13N3O/c1-8(13)12(16)15-11-4-2-3-9-5-6-14-7-10(9)11/h2-8H,13H2,1H3,(H,15,16)/t8-/m1/s1. The Morgan fingerprint density at radius 1 is 1.44 bits per heavy atom. The Morgan fingerprint density at radius 3 is 3.00 bits per heavy atom. The second-order valence-electron chi connectivity index (χ2n) is 3.68. The molecule has 2 rings (SSSR count). The number of rotatable bonds is 2. The third-order valence-corrected chi connectivity index (χ3v) is 2.36. The molecule has 1 amide bonds. The monoisotopic (exact) mass is 215 g/mol. The molecule has 0 saturated carbocycles. The molecule has 4 nitrogen and oxygen atoms in total. The Hall–Kier alpha value is -1.94. The molecule has 82 valence electrons. The van der Waals surface area contributed by atoms with Gasteiger partial charge in [0.2, 0.25) is 5.91 Å². The normalized spacial score (nSPS) is 12.4. The molecule has 3 N–H and O–H groups in total. The molecule has 0 spiro atoms. The molecule has 0 aliphatic heterocycles. The van der Waals surface area contributed by atoms with Crippen LogP contribution in [-0.4, -0.2) is 16.9 Å². The zero-order valence-corrected chi connectivity index (χ0v) is 8.97. The molecule has 0 fully saturated rings. The number of hydrogen-bond donors (Lipinski definition) is 2. The molecule has 0 radical (unpaired) electrons. The van der Waals surface area contributed by atoms with Crippen molar-refractivity contribution in [3.63, 3.8) is 0 Å². The lowest BCUT2D eigenvalue weighted by Gasteiger charge is -2.09. The second-order valence-corrected chi connectivity index (χ2v) is 3.68. The van der Waals surface area contributed by atoms with E-state index in [1.54, 1.807) is 19.3 Å². The summed E-state index contributed by atoms with van der Waals surface area (Å²) in [6, 6.07) is 7.07. The number of anilines is 1. The van der Waals surface area contributed by atoms with Gasteiger partial charge in [0.15, 0.2) is 0 Å². The maximum absolute atomic E-state index is 11.5. The van der Waals surface area contributed by atoms with Crippen LogP contribution in [0, 0.1) is 0 Å². The van der Waals surface area contributed by atoms with E-state index in [4.69, 9.17) is 5.73 Å². The number of pyridine rings is 1. The van der Waals surface area contributed by atoms with Crippen molar-refractivity contribution in [3.8, 4) is 0 Å². The van der Waals surface area contributed by atoms with Crippen LogP contribution in [0.3, 0.4) is 0 Å². The summed E-state index contributed by atoms with van der Waals surface area (Å²) in [5.41, 5.74) is 6.24. The van der Waals surface area contributed by atoms with Crippen molar-refractivity contribution in [3.05, 3.63) is 36.7 Å². The molecule has 2 aromatic rings. The third-order valence-electron chi connectivity index (χ3n) is 2.36. The summed E-state index contributed by atoms with van der Waals surface area (Å²) in [5.74, 6) is -0.198. The molecule has 0 aliphatic rings. The van der Waals surface area contributed by atoms with E-state index >= 15 is 0 Å². The van der Waals surface area contributed by atoms with Gasteiger partial charge in [-0.15, -0.1) is 0 Å². The van der Waals surface area contributed by atoms with Crippen LogP contribution in [0.15, 0.2) is 36.7 Å². The molecule has 0 bridgehead atoms. The minimum atomic E-state index is -0.521. The fourth-order valence-electron chi connectivity index (χ4n) is 1.47. The van der Waals surface area contributed by atoms with Gasteiger partial charge in [-0.05, 0) is 24.4 Å². The van der Waals surface area contributed by atoms with Crippen LogP contribution in [0.4, 0.5) is 5.69 Å². The average molecular weight is 215 g/mol. The first-order valence-electron chi connectivity index (χ1n) is 5.07. The Balaban J connectivity index is 2.41. The number of carbonyl (C=O) groups excluding carboxylic acids is 1. The van der Waals surface area contributed by atoms with Crippen molar-refractivity contribution in [2.75, 3.05) is 5.32 Å². The molecule has 1 heterocycles. The van der Waals surface area contributed by atoms with Gasteiger partial charge in [0, 0.05) is 17.8 Å². The summed E-state index contributed by atoms with van der Waals surface area (Å²) in [6.45, 7) is 1.65. The molecule has 0 saturated heterocycles.